The van der Waals surface area contributed by atoms with Crippen LogP contribution in [0.25, 0.3) is 6.08 Å². The average molecular weight is 356 g/mol. The van der Waals surface area contributed by atoms with Crippen LogP contribution in [0.15, 0.2) is 53.4 Å². The third-order valence-electron chi connectivity index (χ3n) is 3.41. The number of hydrogen-bond acceptors (Lipinski definition) is 4. The molecule has 126 valence electrons. The standard InChI is InChI=1S/C18H13FN2O3S/c1-11(22)20-14-6-8-15(9-7-14)21-17(23)16(25-18(21)24)10-12-2-4-13(19)5-3-12/h2-10H,1H3,(H,20,22)/b16-10-. The second kappa shape index (κ2) is 6.90. The van der Waals surface area contributed by atoms with Gasteiger partial charge >= 0.3 is 0 Å². The first kappa shape index (κ1) is 16.9. The number of thioether (sulfide) groups is 1. The highest BCUT2D eigenvalue weighted by Crippen LogP contribution is 2.36. The Morgan fingerprint density at radius 3 is 2.32 bits per heavy atom. The average Bonchev–Trinajstić information content (AvgIpc) is 2.84. The number of halogens is 1. The number of anilines is 2. The van der Waals surface area contributed by atoms with Crippen LogP contribution in [-0.2, 0) is 9.59 Å². The van der Waals surface area contributed by atoms with Gasteiger partial charge in [-0.05, 0) is 59.8 Å². The van der Waals surface area contributed by atoms with Crippen LogP contribution in [0.4, 0.5) is 20.6 Å². The number of carbonyl (C=O) groups excluding carboxylic acids is 3. The molecular formula is C18H13FN2O3S. The van der Waals surface area contributed by atoms with Crippen molar-refractivity contribution in [3.63, 3.8) is 0 Å². The van der Waals surface area contributed by atoms with E-state index < -0.39 is 11.1 Å². The molecule has 1 N–H and O–H groups in total. The molecule has 1 aliphatic rings. The molecule has 7 heteroatoms. The van der Waals surface area contributed by atoms with Crippen LogP contribution < -0.4 is 10.2 Å². The predicted octanol–water partition coefficient (Wildman–Crippen LogP) is 4.03. The zero-order valence-electron chi connectivity index (χ0n) is 13.2. The van der Waals surface area contributed by atoms with Crippen LogP contribution in [0.2, 0.25) is 0 Å². The van der Waals surface area contributed by atoms with E-state index in [-0.39, 0.29) is 16.6 Å². The monoisotopic (exact) mass is 356 g/mol. The first-order valence-electron chi connectivity index (χ1n) is 7.35. The molecule has 2 aromatic carbocycles. The Morgan fingerprint density at radius 2 is 1.72 bits per heavy atom. The van der Waals surface area contributed by atoms with Crippen LogP contribution in [0.5, 0.6) is 0 Å². The molecule has 1 fully saturated rings. The number of nitrogens with one attached hydrogen (secondary N) is 1. The molecule has 25 heavy (non-hydrogen) atoms. The topological polar surface area (TPSA) is 66.5 Å². The molecule has 3 rings (SSSR count). The summed E-state index contributed by atoms with van der Waals surface area (Å²) in [7, 11) is 0. The van der Waals surface area contributed by atoms with Gasteiger partial charge in [0.1, 0.15) is 5.82 Å². The number of hydrogen-bond donors (Lipinski definition) is 1. The molecule has 5 nitrogen and oxygen atoms in total. The Bertz CT molecular complexity index is 876. The first-order valence-corrected chi connectivity index (χ1v) is 8.17. The molecule has 1 aliphatic heterocycles. The van der Waals surface area contributed by atoms with E-state index in [1.807, 2.05) is 0 Å². The van der Waals surface area contributed by atoms with Gasteiger partial charge in [0.2, 0.25) is 5.91 Å². The first-order chi connectivity index (χ1) is 11.9. The molecule has 3 amide bonds. The lowest BCUT2D eigenvalue weighted by Crippen LogP contribution is -2.27. The van der Waals surface area contributed by atoms with Gasteiger partial charge in [-0.15, -0.1) is 0 Å². The second-order valence-corrected chi connectivity index (χ2v) is 6.29. The van der Waals surface area contributed by atoms with E-state index in [2.05, 4.69) is 5.32 Å². The molecule has 1 heterocycles. The van der Waals surface area contributed by atoms with Gasteiger partial charge in [0.15, 0.2) is 0 Å². The molecule has 0 radical (unpaired) electrons. The van der Waals surface area contributed by atoms with Crippen LogP contribution in [0.1, 0.15) is 12.5 Å². The Balaban J connectivity index is 1.83. The number of rotatable bonds is 3. The molecule has 0 atom stereocenters. The lowest BCUT2D eigenvalue weighted by Gasteiger charge is -2.13. The fourth-order valence-electron chi connectivity index (χ4n) is 2.30. The van der Waals surface area contributed by atoms with E-state index in [4.69, 9.17) is 0 Å². The number of amides is 3. The maximum Gasteiger partial charge on any atom is 0.298 e. The summed E-state index contributed by atoms with van der Waals surface area (Å²) in [6.45, 7) is 1.39. The van der Waals surface area contributed by atoms with E-state index in [0.717, 1.165) is 16.7 Å². The van der Waals surface area contributed by atoms with Gasteiger partial charge in [-0.3, -0.25) is 14.4 Å². The minimum Gasteiger partial charge on any atom is -0.326 e. The summed E-state index contributed by atoms with van der Waals surface area (Å²) in [5, 5.41) is 2.21. The highest BCUT2D eigenvalue weighted by molar-refractivity contribution is 8.19. The van der Waals surface area contributed by atoms with Crippen LogP contribution >= 0.6 is 11.8 Å². The van der Waals surface area contributed by atoms with Crippen molar-refractivity contribution in [3.05, 3.63) is 64.8 Å². The summed E-state index contributed by atoms with van der Waals surface area (Å²) in [6, 6.07) is 12.0. The maximum atomic E-state index is 13.0. The van der Waals surface area contributed by atoms with Gasteiger partial charge in [-0.2, -0.15) is 0 Å². The van der Waals surface area contributed by atoms with Gasteiger partial charge in [0.05, 0.1) is 10.6 Å². The number of nitrogens with zero attached hydrogens (tertiary/aromatic N) is 1. The Labute approximate surface area is 147 Å². The zero-order valence-corrected chi connectivity index (χ0v) is 14.0. The van der Waals surface area contributed by atoms with E-state index >= 15 is 0 Å². The number of benzene rings is 2. The molecule has 2 aromatic rings. The highest BCUT2D eigenvalue weighted by Gasteiger charge is 2.36. The van der Waals surface area contributed by atoms with Gasteiger partial charge in [-0.25, -0.2) is 9.29 Å². The van der Waals surface area contributed by atoms with Gasteiger partial charge < -0.3 is 5.32 Å². The lowest BCUT2D eigenvalue weighted by atomic mass is 10.2. The Kier molecular flexibility index (Phi) is 4.67. The fourth-order valence-corrected chi connectivity index (χ4v) is 3.14. The molecule has 0 aliphatic carbocycles. The predicted molar refractivity (Wildman–Crippen MR) is 95.6 cm³/mol. The highest BCUT2D eigenvalue weighted by atomic mass is 32.2. The Morgan fingerprint density at radius 1 is 1.08 bits per heavy atom. The van der Waals surface area contributed by atoms with E-state index in [0.29, 0.717) is 16.9 Å². The summed E-state index contributed by atoms with van der Waals surface area (Å²) >= 11 is 0.826. The lowest BCUT2D eigenvalue weighted by molar-refractivity contribution is -0.114. The van der Waals surface area contributed by atoms with Crippen molar-refractivity contribution < 1.29 is 18.8 Å². The van der Waals surface area contributed by atoms with Crippen molar-refractivity contribution in [2.45, 2.75) is 6.92 Å². The zero-order chi connectivity index (χ0) is 18.0. The molecule has 1 saturated heterocycles. The van der Waals surface area contributed by atoms with Gasteiger partial charge in [-0.1, -0.05) is 12.1 Å². The van der Waals surface area contributed by atoms with Crippen molar-refractivity contribution in [2.24, 2.45) is 0 Å². The fraction of sp³-hybridized carbons (Fsp3) is 0.0556. The largest absolute Gasteiger partial charge is 0.326 e. The third kappa shape index (κ3) is 3.77. The minimum absolute atomic E-state index is 0.207. The summed E-state index contributed by atoms with van der Waals surface area (Å²) in [4.78, 5) is 37.1. The number of imide groups is 1. The third-order valence-corrected chi connectivity index (χ3v) is 4.28. The minimum atomic E-state index is -0.438. The molecular weight excluding hydrogens is 343 g/mol. The SMILES string of the molecule is CC(=O)Nc1ccc(N2C(=O)S/C(=C\c3ccc(F)cc3)C2=O)cc1. The smallest absolute Gasteiger partial charge is 0.298 e. The van der Waals surface area contributed by atoms with Crippen molar-refractivity contribution in [1.82, 2.24) is 0 Å². The summed E-state index contributed by atoms with van der Waals surface area (Å²) in [5.41, 5.74) is 1.62. The molecule has 0 spiro atoms. The van der Waals surface area contributed by atoms with Crippen molar-refractivity contribution in [1.29, 1.82) is 0 Å². The normalized spacial score (nSPS) is 15.8. The Hall–Kier alpha value is -2.93. The summed E-state index contributed by atoms with van der Waals surface area (Å²) in [6.07, 6.45) is 1.55. The van der Waals surface area contributed by atoms with Gasteiger partial charge in [0, 0.05) is 12.6 Å². The molecule has 0 bridgehead atoms. The van der Waals surface area contributed by atoms with Crippen LogP contribution in [-0.4, -0.2) is 17.1 Å². The van der Waals surface area contributed by atoms with Crippen LogP contribution in [0, 0.1) is 5.82 Å². The molecule has 0 saturated carbocycles. The number of carbonyl (C=O) groups is 3. The van der Waals surface area contributed by atoms with E-state index in [1.165, 1.54) is 31.2 Å². The summed E-state index contributed by atoms with van der Waals surface area (Å²) in [5.74, 6) is -1.02. The van der Waals surface area contributed by atoms with Crippen LogP contribution in [0.3, 0.4) is 0 Å². The van der Waals surface area contributed by atoms with Gasteiger partial charge in [0.25, 0.3) is 11.1 Å². The van der Waals surface area contributed by atoms with Crippen molar-refractivity contribution >= 4 is 46.3 Å². The second-order valence-electron chi connectivity index (χ2n) is 5.30. The quantitative estimate of drug-likeness (QED) is 0.844. The molecule has 0 unspecified atom stereocenters. The summed E-state index contributed by atoms with van der Waals surface area (Å²) < 4.78 is 13.0. The van der Waals surface area contributed by atoms with E-state index in [1.54, 1.807) is 30.3 Å². The van der Waals surface area contributed by atoms with Crippen molar-refractivity contribution in [3.8, 4) is 0 Å². The van der Waals surface area contributed by atoms with E-state index in [9.17, 15) is 18.8 Å². The van der Waals surface area contributed by atoms with Crippen molar-refractivity contribution in [2.75, 3.05) is 10.2 Å². The molecule has 0 aromatic heterocycles. The maximum absolute atomic E-state index is 13.0.